The van der Waals surface area contributed by atoms with Crippen molar-refractivity contribution in [2.75, 3.05) is 12.4 Å². The minimum absolute atomic E-state index is 0.228. The molecule has 130 valence electrons. The molecule has 3 rings (SSSR count). The Morgan fingerprint density at radius 3 is 2.68 bits per heavy atom. The molecule has 0 aliphatic carbocycles. The Morgan fingerprint density at radius 1 is 1.36 bits per heavy atom. The van der Waals surface area contributed by atoms with Crippen LogP contribution in [0.15, 0.2) is 47.1 Å². The lowest BCUT2D eigenvalue weighted by atomic mass is 10.0. The zero-order valence-corrected chi connectivity index (χ0v) is 14.2. The van der Waals surface area contributed by atoms with Gasteiger partial charge in [-0.05, 0) is 42.8 Å². The van der Waals surface area contributed by atoms with Gasteiger partial charge in [0.2, 0.25) is 5.91 Å². The van der Waals surface area contributed by atoms with Gasteiger partial charge < -0.3 is 9.73 Å². The summed E-state index contributed by atoms with van der Waals surface area (Å²) >= 11 is 0. The molecule has 0 saturated carbocycles. The first-order valence-electron chi connectivity index (χ1n) is 7.50. The van der Waals surface area contributed by atoms with Crippen LogP contribution in [-0.4, -0.2) is 31.7 Å². The van der Waals surface area contributed by atoms with E-state index in [1.54, 1.807) is 36.4 Å². The van der Waals surface area contributed by atoms with Crippen LogP contribution in [0.25, 0.3) is 0 Å². The van der Waals surface area contributed by atoms with Crippen LogP contribution < -0.4 is 10.0 Å². The van der Waals surface area contributed by atoms with E-state index in [0.29, 0.717) is 17.0 Å². The molecule has 0 spiro atoms. The van der Waals surface area contributed by atoms with Gasteiger partial charge in [-0.15, -0.1) is 0 Å². The Labute approximate surface area is 145 Å². The zero-order chi connectivity index (χ0) is 18.0. The minimum atomic E-state index is -3.81. The number of hydrogen-bond acceptors (Lipinski definition) is 5. The van der Waals surface area contributed by atoms with E-state index in [1.807, 2.05) is 6.07 Å². The lowest BCUT2D eigenvalue weighted by molar-refractivity contribution is -0.120. The molecule has 1 fully saturated rings. The summed E-state index contributed by atoms with van der Waals surface area (Å²) in [7, 11) is -2.46. The highest BCUT2D eigenvalue weighted by atomic mass is 32.2. The number of carbonyl (C=O) groups excluding carboxylic acids is 1. The molecule has 0 radical (unpaired) electrons. The summed E-state index contributed by atoms with van der Waals surface area (Å²) in [5, 5.41) is 11.5. The van der Waals surface area contributed by atoms with Crippen molar-refractivity contribution in [2.24, 2.45) is 0 Å². The molecule has 2 atom stereocenters. The summed E-state index contributed by atoms with van der Waals surface area (Å²) in [6.45, 7) is 0. The number of rotatable bonds is 3. The van der Waals surface area contributed by atoms with Gasteiger partial charge in [-0.3, -0.25) is 4.79 Å². The number of furan rings is 1. The molecule has 2 heterocycles. The highest BCUT2D eigenvalue weighted by Gasteiger charge is 2.41. The van der Waals surface area contributed by atoms with Gasteiger partial charge >= 0.3 is 0 Å². The first kappa shape index (κ1) is 17.2. The molecule has 1 aromatic heterocycles. The summed E-state index contributed by atoms with van der Waals surface area (Å²) in [5.41, 5.74) is 0.959. The van der Waals surface area contributed by atoms with Gasteiger partial charge in [-0.1, -0.05) is 0 Å². The second-order valence-electron chi connectivity index (χ2n) is 5.64. The van der Waals surface area contributed by atoms with E-state index in [4.69, 9.17) is 9.68 Å². The van der Waals surface area contributed by atoms with Crippen LogP contribution in [0.1, 0.15) is 23.8 Å². The first-order chi connectivity index (χ1) is 11.9. The number of nitriles is 1. The van der Waals surface area contributed by atoms with Crippen molar-refractivity contribution in [3.63, 3.8) is 0 Å². The van der Waals surface area contributed by atoms with E-state index < -0.39 is 28.2 Å². The smallest absolute Gasteiger partial charge is 0.280 e. The molecule has 1 amide bonds. The van der Waals surface area contributed by atoms with Gasteiger partial charge in [-0.2, -0.15) is 22.7 Å². The van der Waals surface area contributed by atoms with Crippen molar-refractivity contribution in [2.45, 2.75) is 18.5 Å². The lowest BCUT2D eigenvalue weighted by Crippen LogP contribution is -2.55. The highest BCUT2D eigenvalue weighted by Crippen LogP contribution is 2.28. The minimum Gasteiger partial charge on any atom is -0.468 e. The van der Waals surface area contributed by atoms with E-state index in [-0.39, 0.29) is 6.42 Å². The summed E-state index contributed by atoms with van der Waals surface area (Å²) in [5.74, 6) is 0.00156. The van der Waals surface area contributed by atoms with Crippen LogP contribution >= 0.6 is 0 Å². The Morgan fingerprint density at radius 2 is 2.08 bits per heavy atom. The molecule has 1 aliphatic rings. The molecule has 1 aromatic carbocycles. The van der Waals surface area contributed by atoms with E-state index in [2.05, 4.69) is 10.0 Å². The Kier molecular flexibility index (Phi) is 4.59. The molecule has 2 N–H and O–H groups in total. The van der Waals surface area contributed by atoms with Crippen molar-refractivity contribution < 1.29 is 17.6 Å². The van der Waals surface area contributed by atoms with Crippen LogP contribution in [0.5, 0.6) is 0 Å². The zero-order valence-electron chi connectivity index (χ0n) is 13.3. The number of benzene rings is 1. The second kappa shape index (κ2) is 6.68. The Bertz CT molecular complexity index is 901. The predicted molar refractivity (Wildman–Crippen MR) is 89.5 cm³/mol. The van der Waals surface area contributed by atoms with E-state index in [9.17, 15) is 13.2 Å². The van der Waals surface area contributed by atoms with Crippen molar-refractivity contribution in [3.8, 4) is 6.07 Å². The maximum Gasteiger partial charge on any atom is 0.280 e. The number of nitrogens with zero attached hydrogens (tertiary/aromatic N) is 2. The molecule has 9 heteroatoms. The lowest BCUT2D eigenvalue weighted by Gasteiger charge is -2.35. The molecule has 8 nitrogen and oxygen atoms in total. The molecular weight excluding hydrogens is 344 g/mol. The van der Waals surface area contributed by atoms with Gasteiger partial charge in [0.1, 0.15) is 11.8 Å². The van der Waals surface area contributed by atoms with Crippen molar-refractivity contribution >= 4 is 21.8 Å². The van der Waals surface area contributed by atoms with E-state index >= 15 is 0 Å². The molecule has 0 unspecified atom stereocenters. The molecule has 2 aromatic rings. The molecule has 25 heavy (non-hydrogen) atoms. The topological polar surface area (TPSA) is 115 Å². The van der Waals surface area contributed by atoms with Crippen molar-refractivity contribution in [3.05, 3.63) is 54.0 Å². The Hall–Kier alpha value is -2.67. The first-order valence-corrected chi connectivity index (χ1v) is 8.94. The van der Waals surface area contributed by atoms with Crippen LogP contribution in [0.4, 0.5) is 5.69 Å². The standard InChI is InChI=1S/C16H16N4O4S/c1-20-14(16(21)18-12-6-4-11(10-17)5-7-12)9-13(19-25(20,22)23)15-3-2-8-24-15/h2-8,13-14,19H,9H2,1H3,(H,18,21)/t13-,14+/m0/s1. The van der Waals surface area contributed by atoms with Gasteiger partial charge in [0.15, 0.2) is 0 Å². The monoisotopic (exact) mass is 360 g/mol. The van der Waals surface area contributed by atoms with Crippen LogP contribution in [0.2, 0.25) is 0 Å². The summed E-state index contributed by atoms with van der Waals surface area (Å²) in [6, 6.07) is 10.1. The Balaban J connectivity index is 1.80. The third kappa shape index (κ3) is 3.56. The van der Waals surface area contributed by atoms with Crippen LogP contribution in [-0.2, 0) is 15.0 Å². The molecule has 1 saturated heterocycles. The van der Waals surface area contributed by atoms with Crippen LogP contribution in [0, 0.1) is 11.3 Å². The van der Waals surface area contributed by atoms with Gasteiger partial charge in [0.25, 0.3) is 10.2 Å². The summed E-state index contributed by atoms with van der Waals surface area (Å²) in [6.07, 6.45) is 1.68. The molecular formula is C16H16N4O4S. The van der Waals surface area contributed by atoms with E-state index in [0.717, 1.165) is 4.31 Å². The summed E-state index contributed by atoms with van der Waals surface area (Å²) in [4.78, 5) is 12.6. The SMILES string of the molecule is CN1[C@@H](C(=O)Nc2ccc(C#N)cc2)C[C@@H](c2ccco2)NS1(=O)=O. The number of hydrogen-bond donors (Lipinski definition) is 2. The third-order valence-electron chi connectivity index (χ3n) is 4.04. The van der Waals surface area contributed by atoms with Gasteiger partial charge in [0, 0.05) is 12.7 Å². The molecule has 1 aliphatic heterocycles. The summed E-state index contributed by atoms with van der Waals surface area (Å²) < 4.78 is 33.4. The fourth-order valence-electron chi connectivity index (χ4n) is 2.64. The van der Waals surface area contributed by atoms with E-state index in [1.165, 1.54) is 13.3 Å². The number of nitrogens with one attached hydrogen (secondary N) is 2. The largest absolute Gasteiger partial charge is 0.468 e. The number of carbonyl (C=O) groups is 1. The number of anilines is 1. The fraction of sp³-hybridized carbons (Fsp3) is 0.250. The maximum absolute atomic E-state index is 12.6. The van der Waals surface area contributed by atoms with Crippen molar-refractivity contribution in [1.82, 2.24) is 9.03 Å². The average Bonchev–Trinajstić information content (AvgIpc) is 3.12. The number of amides is 1. The average molecular weight is 360 g/mol. The quantitative estimate of drug-likeness (QED) is 0.858. The van der Waals surface area contributed by atoms with Crippen LogP contribution in [0.3, 0.4) is 0 Å². The molecule has 0 bridgehead atoms. The van der Waals surface area contributed by atoms with Crippen molar-refractivity contribution in [1.29, 1.82) is 5.26 Å². The predicted octanol–water partition coefficient (Wildman–Crippen LogP) is 1.37. The van der Waals surface area contributed by atoms with Gasteiger partial charge in [-0.25, -0.2) is 0 Å². The number of likely N-dealkylation sites (N-methyl/N-ethyl adjacent to an activating group) is 1. The normalized spacial score (nSPS) is 22.9. The maximum atomic E-state index is 12.6. The second-order valence-corrected chi connectivity index (χ2v) is 7.40. The van der Waals surface area contributed by atoms with Gasteiger partial charge in [0.05, 0.1) is 23.9 Å². The highest BCUT2D eigenvalue weighted by molar-refractivity contribution is 7.87. The fourth-order valence-corrected chi connectivity index (χ4v) is 3.89. The third-order valence-corrected chi connectivity index (χ3v) is 5.63.